The topological polar surface area (TPSA) is 63.4 Å². The molecule has 0 radical (unpaired) electrons. The van der Waals surface area contributed by atoms with Crippen molar-refractivity contribution in [3.8, 4) is 0 Å². The maximum atomic E-state index is 13.7. The third-order valence-electron chi connectivity index (χ3n) is 3.62. The fourth-order valence-corrected chi connectivity index (χ4v) is 2.89. The van der Waals surface area contributed by atoms with E-state index in [-0.39, 0.29) is 36.9 Å². The van der Waals surface area contributed by atoms with Gasteiger partial charge in [0.15, 0.2) is 5.78 Å². The summed E-state index contributed by atoms with van der Waals surface area (Å²) in [7, 11) is 0. The Morgan fingerprint density at radius 3 is 2.80 bits per heavy atom. The molecule has 0 aromatic heterocycles. The van der Waals surface area contributed by atoms with Crippen LogP contribution in [0.3, 0.4) is 0 Å². The number of benzene rings is 1. The number of halogens is 2. The summed E-state index contributed by atoms with van der Waals surface area (Å²) < 4.78 is 14.2. The molecular formula is C14H16FIN2O2. The second-order valence-electron chi connectivity index (χ2n) is 5.26. The first kappa shape index (κ1) is 15.4. The zero-order valence-corrected chi connectivity index (χ0v) is 13.3. The van der Waals surface area contributed by atoms with Gasteiger partial charge in [0.2, 0.25) is 5.91 Å². The molecule has 20 heavy (non-hydrogen) atoms. The Kier molecular flexibility index (Phi) is 4.43. The zero-order valence-electron chi connectivity index (χ0n) is 11.2. The van der Waals surface area contributed by atoms with Crippen molar-refractivity contribution in [1.82, 2.24) is 4.90 Å². The lowest BCUT2D eigenvalue weighted by atomic mass is 9.89. The van der Waals surface area contributed by atoms with E-state index >= 15 is 0 Å². The molecule has 1 aliphatic heterocycles. The van der Waals surface area contributed by atoms with E-state index in [1.54, 1.807) is 19.1 Å². The number of alkyl halides is 1. The average Bonchev–Trinajstić information content (AvgIpc) is 2.45. The minimum atomic E-state index is -0.689. The minimum absolute atomic E-state index is 0.0843. The van der Waals surface area contributed by atoms with E-state index in [0.29, 0.717) is 9.99 Å². The monoisotopic (exact) mass is 390 g/mol. The Morgan fingerprint density at radius 1 is 1.50 bits per heavy atom. The van der Waals surface area contributed by atoms with E-state index < -0.39 is 11.2 Å². The van der Waals surface area contributed by atoms with Crippen molar-refractivity contribution < 1.29 is 14.0 Å². The molecule has 1 aromatic carbocycles. The molecule has 1 atom stereocenters. The number of Topliss-reactive ketones (excluding diaryl/α,β-unsaturated/α-hetero) is 1. The van der Waals surface area contributed by atoms with Crippen molar-refractivity contribution in [1.29, 1.82) is 0 Å². The maximum absolute atomic E-state index is 13.7. The SMILES string of the molecule is C[C@](CN)(CI)C(=O)N1CC(=O)c2c(F)cccc2C1. The van der Waals surface area contributed by atoms with Crippen LogP contribution >= 0.6 is 22.6 Å². The quantitative estimate of drug-likeness (QED) is 0.632. The standard InChI is InChI=1S/C14H16FIN2O2/c1-14(7-16,8-17)13(20)18-5-9-3-2-4-10(15)12(9)11(19)6-18/h2-4H,5-8,17H2,1H3/t14-/m1/s1. The van der Waals surface area contributed by atoms with Gasteiger partial charge in [-0.25, -0.2) is 4.39 Å². The summed E-state index contributed by atoms with van der Waals surface area (Å²) in [4.78, 5) is 26.0. The molecule has 0 fully saturated rings. The van der Waals surface area contributed by atoms with Crippen molar-refractivity contribution in [3.63, 3.8) is 0 Å². The van der Waals surface area contributed by atoms with Gasteiger partial charge in [-0.15, -0.1) is 0 Å². The highest BCUT2D eigenvalue weighted by atomic mass is 127. The number of amides is 1. The second kappa shape index (κ2) is 5.77. The molecule has 1 aromatic rings. The van der Waals surface area contributed by atoms with Crippen LogP contribution in [0.15, 0.2) is 18.2 Å². The number of hydrogen-bond acceptors (Lipinski definition) is 3. The second-order valence-corrected chi connectivity index (χ2v) is 6.02. The van der Waals surface area contributed by atoms with Gasteiger partial charge in [0.05, 0.1) is 17.5 Å². The van der Waals surface area contributed by atoms with E-state index in [0.717, 1.165) is 0 Å². The molecule has 0 bridgehead atoms. The van der Waals surface area contributed by atoms with Crippen LogP contribution < -0.4 is 5.73 Å². The van der Waals surface area contributed by atoms with Gasteiger partial charge in [0.25, 0.3) is 0 Å². The number of nitrogens with two attached hydrogens (primary N) is 1. The Morgan fingerprint density at radius 2 is 2.20 bits per heavy atom. The summed E-state index contributed by atoms with van der Waals surface area (Å²) in [6.07, 6.45) is 0. The van der Waals surface area contributed by atoms with Gasteiger partial charge in [0, 0.05) is 17.5 Å². The molecule has 1 aliphatic rings. The van der Waals surface area contributed by atoms with Crippen molar-refractivity contribution in [2.24, 2.45) is 11.1 Å². The molecule has 4 nitrogen and oxygen atoms in total. The summed E-state index contributed by atoms with van der Waals surface area (Å²) in [5.41, 5.74) is 5.66. The molecular weight excluding hydrogens is 374 g/mol. The average molecular weight is 390 g/mol. The summed E-state index contributed by atoms with van der Waals surface area (Å²) in [5.74, 6) is -1.03. The van der Waals surface area contributed by atoms with Gasteiger partial charge in [-0.3, -0.25) is 9.59 Å². The van der Waals surface area contributed by atoms with Gasteiger partial charge < -0.3 is 10.6 Å². The highest BCUT2D eigenvalue weighted by molar-refractivity contribution is 14.1. The van der Waals surface area contributed by atoms with Gasteiger partial charge in [-0.2, -0.15) is 0 Å². The van der Waals surface area contributed by atoms with Crippen molar-refractivity contribution >= 4 is 34.3 Å². The number of fused-ring (bicyclic) bond motifs is 1. The van der Waals surface area contributed by atoms with Crippen LogP contribution in [-0.2, 0) is 11.3 Å². The third-order valence-corrected chi connectivity index (χ3v) is 5.31. The first-order valence-corrected chi connectivity index (χ1v) is 7.81. The number of nitrogens with zero attached hydrogens (tertiary/aromatic N) is 1. The van der Waals surface area contributed by atoms with Crippen LogP contribution in [0.2, 0.25) is 0 Å². The van der Waals surface area contributed by atoms with Gasteiger partial charge in [0.1, 0.15) is 5.82 Å². The van der Waals surface area contributed by atoms with Gasteiger partial charge in [-0.05, 0) is 18.6 Å². The van der Waals surface area contributed by atoms with Crippen LogP contribution in [0.1, 0.15) is 22.8 Å². The molecule has 0 unspecified atom stereocenters. The first-order chi connectivity index (χ1) is 9.42. The molecule has 0 aliphatic carbocycles. The summed E-state index contributed by atoms with van der Waals surface area (Å²) in [6.45, 7) is 2.17. The highest BCUT2D eigenvalue weighted by Gasteiger charge is 2.38. The number of carbonyl (C=O) groups is 2. The van der Waals surface area contributed by atoms with Crippen LogP contribution in [0, 0.1) is 11.2 Å². The summed E-state index contributed by atoms with van der Waals surface area (Å²) >= 11 is 2.12. The number of ketones is 1. The Balaban J connectivity index is 2.32. The lowest BCUT2D eigenvalue weighted by molar-refractivity contribution is -0.139. The Bertz CT molecular complexity index is 558. The molecule has 2 rings (SSSR count). The lowest BCUT2D eigenvalue weighted by Gasteiger charge is -2.35. The normalized spacial score (nSPS) is 17.6. The fraction of sp³-hybridized carbons (Fsp3) is 0.429. The van der Waals surface area contributed by atoms with E-state index in [2.05, 4.69) is 22.6 Å². The summed E-state index contributed by atoms with van der Waals surface area (Å²) in [6, 6.07) is 4.50. The van der Waals surface area contributed by atoms with Crippen LogP contribution in [-0.4, -0.2) is 34.1 Å². The molecule has 6 heteroatoms. The smallest absolute Gasteiger partial charge is 0.231 e. The van der Waals surface area contributed by atoms with Crippen LogP contribution in [0.25, 0.3) is 0 Å². The summed E-state index contributed by atoms with van der Waals surface area (Å²) in [5, 5.41) is 0. The molecule has 108 valence electrons. The van der Waals surface area contributed by atoms with E-state index in [4.69, 9.17) is 5.73 Å². The van der Waals surface area contributed by atoms with Gasteiger partial charge in [-0.1, -0.05) is 34.7 Å². The van der Waals surface area contributed by atoms with E-state index in [9.17, 15) is 14.0 Å². The molecule has 0 spiro atoms. The Labute approximate surface area is 130 Å². The number of hydrogen-bond donors (Lipinski definition) is 1. The predicted octanol–water partition coefficient (Wildman–Crippen LogP) is 1.75. The Hall–Kier alpha value is -1.02. The van der Waals surface area contributed by atoms with E-state index in [1.807, 2.05) is 0 Å². The first-order valence-electron chi connectivity index (χ1n) is 6.29. The minimum Gasteiger partial charge on any atom is -0.330 e. The largest absolute Gasteiger partial charge is 0.330 e. The highest BCUT2D eigenvalue weighted by Crippen LogP contribution is 2.27. The van der Waals surface area contributed by atoms with E-state index in [1.165, 1.54) is 11.0 Å². The van der Waals surface area contributed by atoms with Crippen molar-refractivity contribution in [2.75, 3.05) is 17.5 Å². The molecule has 1 heterocycles. The number of carbonyl (C=O) groups excluding carboxylic acids is 2. The molecule has 1 amide bonds. The molecule has 0 saturated carbocycles. The third kappa shape index (κ3) is 2.58. The number of rotatable bonds is 3. The lowest BCUT2D eigenvalue weighted by Crippen LogP contribution is -2.50. The molecule has 0 saturated heterocycles. The maximum Gasteiger partial charge on any atom is 0.231 e. The molecule has 2 N–H and O–H groups in total. The van der Waals surface area contributed by atoms with Crippen LogP contribution in [0.5, 0.6) is 0 Å². The predicted molar refractivity (Wildman–Crippen MR) is 82.2 cm³/mol. The van der Waals surface area contributed by atoms with Crippen LogP contribution in [0.4, 0.5) is 4.39 Å². The fourth-order valence-electron chi connectivity index (χ4n) is 2.25. The van der Waals surface area contributed by atoms with Gasteiger partial charge >= 0.3 is 0 Å². The van der Waals surface area contributed by atoms with Crippen molar-refractivity contribution in [3.05, 3.63) is 35.1 Å². The van der Waals surface area contributed by atoms with Crippen molar-refractivity contribution in [2.45, 2.75) is 13.5 Å². The zero-order chi connectivity index (χ0) is 14.9.